The van der Waals surface area contributed by atoms with Gasteiger partial charge in [0.25, 0.3) is 0 Å². The molecular weight excluding hydrogens is 292 g/mol. The molecular formula is C17H16N4O2. The molecule has 0 spiro atoms. The lowest BCUT2D eigenvalue weighted by molar-refractivity contribution is 0.262. The lowest BCUT2D eigenvalue weighted by atomic mass is 10.2. The Kier molecular flexibility index (Phi) is 3.27. The summed E-state index contributed by atoms with van der Waals surface area (Å²) in [6.45, 7) is 1.42. The number of nitrogens with one attached hydrogen (secondary N) is 4. The normalized spacial score (nSPS) is 12.9. The summed E-state index contributed by atoms with van der Waals surface area (Å²) >= 11 is 0. The third-order valence-electron chi connectivity index (χ3n) is 3.73. The molecule has 0 radical (unpaired) electrons. The van der Waals surface area contributed by atoms with Crippen molar-refractivity contribution in [3.05, 3.63) is 48.7 Å². The first-order valence-electron chi connectivity index (χ1n) is 7.44. The van der Waals surface area contributed by atoms with E-state index in [0.29, 0.717) is 12.3 Å². The fourth-order valence-corrected chi connectivity index (χ4v) is 2.64. The van der Waals surface area contributed by atoms with Crippen molar-refractivity contribution in [1.82, 2.24) is 4.98 Å². The summed E-state index contributed by atoms with van der Waals surface area (Å²) in [6.07, 6.45) is 1.87. The third-order valence-corrected chi connectivity index (χ3v) is 3.73. The molecule has 2 amide bonds. The summed E-state index contributed by atoms with van der Waals surface area (Å²) in [5.41, 5.74) is 3.32. The van der Waals surface area contributed by atoms with Crippen molar-refractivity contribution in [2.75, 3.05) is 29.1 Å². The predicted molar refractivity (Wildman–Crippen MR) is 91.4 cm³/mol. The molecule has 0 aliphatic carbocycles. The molecule has 3 aromatic rings. The lowest BCUT2D eigenvalue weighted by Crippen LogP contribution is -2.21. The van der Waals surface area contributed by atoms with Crippen molar-refractivity contribution in [3.63, 3.8) is 0 Å². The van der Waals surface area contributed by atoms with Gasteiger partial charge in [0.05, 0.1) is 5.69 Å². The molecule has 0 bridgehead atoms. The fraction of sp³-hybridized carbons (Fsp3) is 0.118. The average molecular weight is 308 g/mol. The highest BCUT2D eigenvalue weighted by Gasteiger charge is 2.11. The maximum Gasteiger partial charge on any atom is 0.323 e. The van der Waals surface area contributed by atoms with E-state index in [-0.39, 0.29) is 6.03 Å². The van der Waals surface area contributed by atoms with Crippen LogP contribution in [0, 0.1) is 0 Å². The number of benzene rings is 2. The second kappa shape index (κ2) is 5.57. The standard InChI is InChI=1S/C17H16N4O2/c22-17(20-12-2-1-11-5-6-18-14(11)9-12)21-13-3-4-16-15(10-13)19-7-8-23-16/h1-6,9-10,18-19H,7-8H2,(H2,20,21,22). The number of carbonyl (C=O) groups excluding carboxylic acids is 1. The van der Waals surface area contributed by atoms with Gasteiger partial charge < -0.3 is 25.7 Å². The quantitative estimate of drug-likeness (QED) is 0.584. The average Bonchev–Trinajstić information content (AvgIpc) is 3.02. The van der Waals surface area contributed by atoms with Crippen LogP contribution in [0.5, 0.6) is 5.75 Å². The van der Waals surface area contributed by atoms with Gasteiger partial charge >= 0.3 is 6.03 Å². The Balaban J connectivity index is 1.47. The Labute approximate surface area is 132 Å². The van der Waals surface area contributed by atoms with E-state index in [1.165, 1.54) is 0 Å². The largest absolute Gasteiger partial charge is 0.490 e. The zero-order chi connectivity index (χ0) is 15.6. The molecule has 6 heteroatoms. The minimum atomic E-state index is -0.285. The molecule has 4 N–H and O–H groups in total. The second-order valence-electron chi connectivity index (χ2n) is 5.35. The molecule has 1 aromatic heterocycles. The zero-order valence-electron chi connectivity index (χ0n) is 12.3. The highest BCUT2D eigenvalue weighted by Crippen LogP contribution is 2.30. The number of aromatic amines is 1. The molecule has 116 valence electrons. The maximum absolute atomic E-state index is 12.1. The van der Waals surface area contributed by atoms with E-state index in [2.05, 4.69) is 20.9 Å². The monoisotopic (exact) mass is 308 g/mol. The van der Waals surface area contributed by atoms with E-state index in [4.69, 9.17) is 4.74 Å². The van der Waals surface area contributed by atoms with Crippen LogP contribution in [0.4, 0.5) is 21.9 Å². The highest BCUT2D eigenvalue weighted by atomic mass is 16.5. The first-order chi connectivity index (χ1) is 11.3. The van der Waals surface area contributed by atoms with Gasteiger partial charge in [0.1, 0.15) is 12.4 Å². The number of fused-ring (bicyclic) bond motifs is 2. The number of carbonyl (C=O) groups is 1. The van der Waals surface area contributed by atoms with Crippen molar-refractivity contribution in [1.29, 1.82) is 0 Å². The van der Waals surface area contributed by atoms with Gasteiger partial charge in [-0.15, -0.1) is 0 Å². The van der Waals surface area contributed by atoms with Crippen molar-refractivity contribution < 1.29 is 9.53 Å². The van der Waals surface area contributed by atoms with Gasteiger partial charge in [0, 0.05) is 29.6 Å². The molecule has 2 aromatic carbocycles. The Bertz CT molecular complexity index is 872. The van der Waals surface area contributed by atoms with Gasteiger partial charge in [-0.1, -0.05) is 6.07 Å². The molecule has 23 heavy (non-hydrogen) atoms. The fourth-order valence-electron chi connectivity index (χ4n) is 2.64. The van der Waals surface area contributed by atoms with Crippen LogP contribution in [0.15, 0.2) is 48.7 Å². The van der Waals surface area contributed by atoms with E-state index < -0.39 is 0 Å². The number of hydrogen-bond acceptors (Lipinski definition) is 3. The summed E-state index contributed by atoms with van der Waals surface area (Å²) in [6, 6.07) is 13.0. The number of aromatic nitrogens is 1. The number of ether oxygens (including phenoxy) is 1. The van der Waals surface area contributed by atoms with Crippen LogP contribution in [0.3, 0.4) is 0 Å². The van der Waals surface area contributed by atoms with E-state index in [1.807, 2.05) is 48.7 Å². The van der Waals surface area contributed by atoms with E-state index >= 15 is 0 Å². The predicted octanol–water partition coefficient (Wildman–Crippen LogP) is 3.62. The highest BCUT2D eigenvalue weighted by molar-refractivity contribution is 6.01. The zero-order valence-corrected chi connectivity index (χ0v) is 12.3. The lowest BCUT2D eigenvalue weighted by Gasteiger charge is -2.19. The van der Waals surface area contributed by atoms with Crippen LogP contribution < -0.4 is 20.7 Å². The van der Waals surface area contributed by atoms with Crippen LogP contribution in [-0.4, -0.2) is 24.2 Å². The smallest absolute Gasteiger partial charge is 0.323 e. The number of hydrogen-bond donors (Lipinski definition) is 4. The molecule has 0 unspecified atom stereocenters. The Morgan fingerprint density at radius 1 is 1.04 bits per heavy atom. The Hall–Kier alpha value is -3.15. The summed E-state index contributed by atoms with van der Waals surface area (Å²) < 4.78 is 5.52. The number of H-pyrrole nitrogens is 1. The van der Waals surface area contributed by atoms with E-state index in [1.54, 1.807) is 0 Å². The van der Waals surface area contributed by atoms with Crippen molar-refractivity contribution in [3.8, 4) is 5.75 Å². The summed E-state index contributed by atoms with van der Waals surface area (Å²) in [5, 5.41) is 10.0. The Morgan fingerprint density at radius 3 is 2.78 bits per heavy atom. The molecule has 0 fully saturated rings. The molecule has 2 heterocycles. The van der Waals surface area contributed by atoms with E-state index in [9.17, 15) is 4.79 Å². The summed E-state index contributed by atoms with van der Waals surface area (Å²) in [7, 11) is 0. The van der Waals surface area contributed by atoms with Crippen molar-refractivity contribution >= 4 is 34.0 Å². The number of anilines is 3. The first-order valence-corrected chi connectivity index (χ1v) is 7.44. The van der Waals surface area contributed by atoms with Gasteiger partial charge in [0.2, 0.25) is 0 Å². The van der Waals surface area contributed by atoms with Crippen LogP contribution in [0.2, 0.25) is 0 Å². The van der Waals surface area contributed by atoms with Gasteiger partial charge in [-0.25, -0.2) is 4.79 Å². The minimum absolute atomic E-state index is 0.285. The van der Waals surface area contributed by atoms with Gasteiger partial charge in [-0.3, -0.25) is 0 Å². The number of rotatable bonds is 2. The van der Waals surface area contributed by atoms with Crippen LogP contribution in [0.1, 0.15) is 0 Å². The summed E-state index contributed by atoms with van der Waals surface area (Å²) in [5.74, 6) is 0.805. The number of urea groups is 1. The van der Waals surface area contributed by atoms with Gasteiger partial charge in [-0.05, 0) is 41.8 Å². The SMILES string of the molecule is O=C(Nc1ccc2c(c1)NCCO2)Nc1ccc2cc[nH]c2c1. The van der Waals surface area contributed by atoms with Crippen LogP contribution in [0.25, 0.3) is 10.9 Å². The molecule has 0 saturated heterocycles. The molecule has 0 atom stereocenters. The minimum Gasteiger partial charge on any atom is -0.490 e. The van der Waals surface area contributed by atoms with Gasteiger partial charge in [0.15, 0.2) is 0 Å². The van der Waals surface area contributed by atoms with E-state index in [0.717, 1.165) is 34.6 Å². The maximum atomic E-state index is 12.1. The molecule has 1 aliphatic heterocycles. The molecule has 4 rings (SSSR count). The van der Waals surface area contributed by atoms with Gasteiger partial charge in [-0.2, -0.15) is 0 Å². The van der Waals surface area contributed by atoms with Crippen molar-refractivity contribution in [2.45, 2.75) is 0 Å². The first kappa shape index (κ1) is 13.5. The van der Waals surface area contributed by atoms with Crippen molar-refractivity contribution in [2.24, 2.45) is 0 Å². The van der Waals surface area contributed by atoms with Crippen LogP contribution in [-0.2, 0) is 0 Å². The Morgan fingerprint density at radius 2 is 1.87 bits per heavy atom. The topological polar surface area (TPSA) is 78.2 Å². The third kappa shape index (κ3) is 2.78. The molecule has 1 aliphatic rings. The second-order valence-corrected chi connectivity index (χ2v) is 5.35. The van der Waals surface area contributed by atoms with Crippen LogP contribution >= 0.6 is 0 Å². The summed E-state index contributed by atoms with van der Waals surface area (Å²) in [4.78, 5) is 15.3. The molecule has 6 nitrogen and oxygen atoms in total. The number of amides is 2. The molecule has 0 saturated carbocycles.